The summed E-state index contributed by atoms with van der Waals surface area (Å²) in [5.41, 5.74) is 6.96. The third-order valence-electron chi connectivity index (χ3n) is 4.77. The lowest BCUT2D eigenvalue weighted by molar-refractivity contribution is 0.0270. The quantitative estimate of drug-likeness (QED) is 0.577. The van der Waals surface area contributed by atoms with Crippen molar-refractivity contribution < 1.29 is 9.53 Å². The average molecular weight is 368 g/mol. The molecule has 3 heteroatoms. The second-order valence-electron chi connectivity index (χ2n) is 8.28. The van der Waals surface area contributed by atoms with Gasteiger partial charge in [-0.25, -0.2) is 4.79 Å². The maximum Gasteiger partial charge on any atom is 0.410 e. The minimum atomic E-state index is -0.459. The van der Waals surface area contributed by atoms with E-state index in [-0.39, 0.29) is 6.09 Å². The van der Waals surface area contributed by atoms with Crippen LogP contribution in [0, 0.1) is 6.92 Å². The third kappa shape index (κ3) is 5.85. The molecule has 0 saturated carbocycles. The van der Waals surface area contributed by atoms with Crippen LogP contribution < -0.4 is 0 Å². The topological polar surface area (TPSA) is 29.5 Å². The van der Waals surface area contributed by atoms with Crippen LogP contribution in [0.2, 0.25) is 0 Å². The van der Waals surface area contributed by atoms with Gasteiger partial charge in [0, 0.05) is 13.1 Å². The predicted octanol–water partition coefficient (Wildman–Crippen LogP) is 6.39. The molecule has 1 aliphatic heterocycles. The smallest absolute Gasteiger partial charge is 0.410 e. The van der Waals surface area contributed by atoms with Crippen LogP contribution in [0.25, 0.3) is 11.6 Å². The second-order valence-corrected chi connectivity index (χ2v) is 8.28. The molecule has 146 valence electrons. The van der Waals surface area contributed by atoms with Gasteiger partial charge >= 0.3 is 6.09 Å². The number of allylic oxidation sites excluding steroid dienone is 2. The third-order valence-corrected chi connectivity index (χ3v) is 4.77. The normalized spacial score (nSPS) is 15.4. The summed E-state index contributed by atoms with van der Waals surface area (Å²) in [5, 5.41) is 0. The molecule has 0 aliphatic carbocycles. The zero-order chi connectivity index (χ0) is 20.2. The fraction of sp³-hybridized carbons (Fsp3) is 0.458. The van der Waals surface area contributed by atoms with Crippen LogP contribution in [0.1, 0.15) is 64.2 Å². The summed E-state index contributed by atoms with van der Waals surface area (Å²) in [4.78, 5) is 14.0. The molecule has 0 saturated heterocycles. The first kappa shape index (κ1) is 21.0. The summed E-state index contributed by atoms with van der Waals surface area (Å²) < 4.78 is 5.47. The molecule has 0 fully saturated rings. The molecule has 1 aromatic rings. The molecule has 0 bridgehead atoms. The fourth-order valence-corrected chi connectivity index (χ4v) is 3.13. The highest BCUT2D eigenvalue weighted by molar-refractivity contribution is 5.74. The molecule has 0 N–H and O–H groups in total. The average Bonchev–Trinajstić information content (AvgIpc) is 2.59. The van der Waals surface area contributed by atoms with Gasteiger partial charge in [-0.05, 0) is 81.4 Å². The lowest BCUT2D eigenvalue weighted by atomic mass is 9.94. The molecule has 1 amide bonds. The number of aryl methyl sites for hydroxylation is 1. The van der Waals surface area contributed by atoms with E-state index < -0.39 is 5.60 Å². The Bertz CT molecular complexity index is 778. The molecule has 0 spiro atoms. The van der Waals surface area contributed by atoms with Gasteiger partial charge in [-0.15, -0.1) is 0 Å². The van der Waals surface area contributed by atoms with Gasteiger partial charge in [-0.2, -0.15) is 0 Å². The van der Waals surface area contributed by atoms with Crippen molar-refractivity contribution >= 4 is 17.7 Å². The van der Waals surface area contributed by atoms with Crippen LogP contribution in [-0.2, 0) is 4.74 Å². The van der Waals surface area contributed by atoms with Crippen molar-refractivity contribution in [3.8, 4) is 0 Å². The van der Waals surface area contributed by atoms with Crippen molar-refractivity contribution in [2.75, 3.05) is 13.1 Å². The van der Waals surface area contributed by atoms with Gasteiger partial charge in [0.1, 0.15) is 5.60 Å². The SMILES string of the molecule is C=C(C)/C(=C\c1cc(C2=CCN(C(=O)OC(C)(C)C)CC2)ccc1C)CC. The number of carbonyl (C=O) groups excluding carboxylic acids is 1. The van der Waals surface area contributed by atoms with Crippen molar-refractivity contribution in [1.29, 1.82) is 0 Å². The Hall–Kier alpha value is -2.29. The van der Waals surface area contributed by atoms with E-state index in [1.807, 2.05) is 20.8 Å². The van der Waals surface area contributed by atoms with E-state index in [0.717, 1.165) is 18.4 Å². The minimum Gasteiger partial charge on any atom is -0.444 e. The van der Waals surface area contributed by atoms with Crippen LogP contribution in [0.3, 0.4) is 0 Å². The van der Waals surface area contributed by atoms with Gasteiger partial charge in [0.15, 0.2) is 0 Å². The summed E-state index contributed by atoms with van der Waals surface area (Å²) in [7, 11) is 0. The highest BCUT2D eigenvalue weighted by Gasteiger charge is 2.23. The lowest BCUT2D eigenvalue weighted by Crippen LogP contribution is -2.39. The largest absolute Gasteiger partial charge is 0.444 e. The summed E-state index contributed by atoms with van der Waals surface area (Å²) in [5.74, 6) is 0. The van der Waals surface area contributed by atoms with E-state index in [9.17, 15) is 4.79 Å². The Morgan fingerprint density at radius 1 is 1.33 bits per heavy atom. The summed E-state index contributed by atoms with van der Waals surface area (Å²) in [6, 6.07) is 6.60. The zero-order valence-electron chi connectivity index (χ0n) is 17.7. The molecule has 1 heterocycles. The van der Waals surface area contributed by atoms with Crippen LogP contribution in [0.4, 0.5) is 4.79 Å². The summed E-state index contributed by atoms with van der Waals surface area (Å²) in [6.45, 7) is 17.4. The number of amides is 1. The number of hydrogen-bond acceptors (Lipinski definition) is 2. The van der Waals surface area contributed by atoms with Gasteiger partial charge < -0.3 is 9.64 Å². The van der Waals surface area contributed by atoms with Gasteiger partial charge in [0.05, 0.1) is 0 Å². The Balaban J connectivity index is 2.19. The molecule has 3 nitrogen and oxygen atoms in total. The van der Waals surface area contributed by atoms with Crippen LogP contribution in [-0.4, -0.2) is 29.7 Å². The summed E-state index contributed by atoms with van der Waals surface area (Å²) >= 11 is 0. The lowest BCUT2D eigenvalue weighted by Gasteiger charge is -2.29. The van der Waals surface area contributed by atoms with Crippen LogP contribution in [0.5, 0.6) is 0 Å². The molecular formula is C24H33NO2. The standard InChI is InChI=1S/C24H33NO2/c1-8-19(17(2)3)15-22-16-21(10-9-18(22)4)20-11-13-25(14-12-20)23(26)27-24(5,6)7/h9-11,15-16H,2,8,12-14H2,1,3-7H3/b19-15-. The zero-order valence-corrected chi connectivity index (χ0v) is 17.7. The number of benzene rings is 1. The van der Waals surface area contributed by atoms with E-state index >= 15 is 0 Å². The monoisotopic (exact) mass is 367 g/mol. The molecule has 1 aliphatic rings. The highest BCUT2D eigenvalue weighted by Crippen LogP contribution is 2.27. The minimum absolute atomic E-state index is 0.237. The molecule has 0 radical (unpaired) electrons. The predicted molar refractivity (Wildman–Crippen MR) is 115 cm³/mol. The van der Waals surface area contributed by atoms with Crippen molar-refractivity contribution in [1.82, 2.24) is 4.90 Å². The van der Waals surface area contributed by atoms with Crippen LogP contribution >= 0.6 is 0 Å². The Morgan fingerprint density at radius 2 is 2.04 bits per heavy atom. The van der Waals surface area contributed by atoms with E-state index in [4.69, 9.17) is 4.74 Å². The molecular weight excluding hydrogens is 334 g/mol. The fourth-order valence-electron chi connectivity index (χ4n) is 3.13. The summed E-state index contributed by atoms with van der Waals surface area (Å²) in [6.07, 6.45) is 5.97. The number of carbonyl (C=O) groups is 1. The number of nitrogens with zero attached hydrogens (tertiary/aromatic N) is 1. The van der Waals surface area contributed by atoms with Crippen molar-refractivity contribution in [3.05, 3.63) is 58.7 Å². The first-order valence-corrected chi connectivity index (χ1v) is 9.75. The maximum atomic E-state index is 12.2. The Morgan fingerprint density at radius 3 is 2.56 bits per heavy atom. The molecule has 27 heavy (non-hydrogen) atoms. The van der Waals surface area contributed by atoms with Crippen LogP contribution in [0.15, 0.2) is 42.0 Å². The van der Waals surface area contributed by atoms with Gasteiger partial charge in [0.2, 0.25) is 0 Å². The van der Waals surface area contributed by atoms with Gasteiger partial charge in [0.25, 0.3) is 0 Å². The Kier molecular flexibility index (Phi) is 6.69. The van der Waals surface area contributed by atoms with Crippen molar-refractivity contribution in [3.63, 3.8) is 0 Å². The van der Waals surface area contributed by atoms with E-state index in [1.165, 1.54) is 27.8 Å². The molecule has 1 aromatic carbocycles. The van der Waals surface area contributed by atoms with Crippen molar-refractivity contribution in [2.45, 2.75) is 60.0 Å². The van der Waals surface area contributed by atoms with E-state index in [1.54, 1.807) is 4.90 Å². The molecule has 2 rings (SSSR count). The first-order valence-electron chi connectivity index (χ1n) is 9.75. The number of ether oxygens (including phenoxy) is 1. The second kappa shape index (κ2) is 8.60. The van der Waals surface area contributed by atoms with Gasteiger partial charge in [-0.1, -0.05) is 43.4 Å². The molecule has 0 unspecified atom stereocenters. The maximum absolute atomic E-state index is 12.2. The number of rotatable bonds is 4. The Labute approximate surface area is 164 Å². The molecule has 0 atom stereocenters. The number of hydrogen-bond donors (Lipinski definition) is 0. The molecule has 0 aromatic heterocycles. The van der Waals surface area contributed by atoms with Crippen molar-refractivity contribution in [2.24, 2.45) is 0 Å². The van der Waals surface area contributed by atoms with Gasteiger partial charge in [-0.3, -0.25) is 0 Å². The first-order chi connectivity index (χ1) is 12.6. The van der Waals surface area contributed by atoms with E-state index in [2.05, 4.69) is 57.7 Å². The highest BCUT2D eigenvalue weighted by atomic mass is 16.6. The van der Waals surface area contributed by atoms with E-state index in [0.29, 0.717) is 13.1 Å².